The maximum atomic E-state index is 5.67. The fourth-order valence-electron chi connectivity index (χ4n) is 3.42. The van der Waals surface area contributed by atoms with Gasteiger partial charge in [0.25, 0.3) is 6.02 Å². The molecule has 0 amide bonds. The zero-order valence-electron chi connectivity index (χ0n) is 17.5. The third-order valence-corrected chi connectivity index (χ3v) is 4.96. The van der Waals surface area contributed by atoms with Crippen molar-refractivity contribution in [2.24, 2.45) is 26.6 Å². The fourth-order valence-corrected chi connectivity index (χ4v) is 3.42. The van der Waals surface area contributed by atoms with Crippen LogP contribution < -0.4 is 11.1 Å². The molecule has 1 unspecified atom stereocenters. The van der Waals surface area contributed by atoms with E-state index in [2.05, 4.69) is 33.8 Å². The van der Waals surface area contributed by atoms with Gasteiger partial charge in [-0.15, -0.1) is 0 Å². The number of ether oxygens (including phenoxy) is 2. The van der Waals surface area contributed by atoms with Crippen molar-refractivity contribution in [3.05, 3.63) is 12.3 Å². The van der Waals surface area contributed by atoms with Crippen molar-refractivity contribution in [2.75, 3.05) is 40.0 Å². The Kier molecular flexibility index (Phi) is 9.99. The van der Waals surface area contributed by atoms with Gasteiger partial charge < -0.3 is 20.5 Å². The highest BCUT2D eigenvalue weighted by Gasteiger charge is 2.28. The predicted molar refractivity (Wildman–Crippen MR) is 115 cm³/mol. The first kappa shape index (κ1) is 22.4. The second-order valence-corrected chi connectivity index (χ2v) is 7.17. The highest BCUT2D eigenvalue weighted by Crippen LogP contribution is 2.20. The highest BCUT2D eigenvalue weighted by atomic mass is 16.5. The average molecular weight is 393 g/mol. The lowest BCUT2D eigenvalue weighted by Crippen LogP contribution is -2.35. The molecule has 0 saturated carbocycles. The molecule has 2 rings (SSSR count). The van der Waals surface area contributed by atoms with Crippen LogP contribution in [0.15, 0.2) is 27.3 Å². The van der Waals surface area contributed by atoms with E-state index in [4.69, 9.17) is 15.2 Å². The number of nitrogens with two attached hydrogens (primary N) is 1. The second-order valence-electron chi connectivity index (χ2n) is 7.17. The van der Waals surface area contributed by atoms with Crippen LogP contribution >= 0.6 is 0 Å². The summed E-state index contributed by atoms with van der Waals surface area (Å²) in [4.78, 5) is 15.1. The average Bonchev–Trinajstić information content (AvgIpc) is 3.01. The first-order valence-electron chi connectivity index (χ1n) is 10.5. The van der Waals surface area contributed by atoms with Crippen LogP contribution in [-0.4, -0.2) is 62.8 Å². The molecule has 0 aliphatic carbocycles. The standard InChI is InChI=1S/C20H36N6O2/c1-4-5-13-28-19(23-15-21)25-18-16(2)24-20(27-3)26(18)12-7-6-9-17-10-8-11-22-14-17/h17,22H,2,4-15,21H2,1,3H3/b23-19+,25-18+. The topological polar surface area (TPSA) is 96.8 Å². The number of amidine groups is 3. The molecule has 8 heteroatoms. The number of nitrogens with zero attached hydrogens (tertiary/aromatic N) is 4. The SMILES string of the molecule is C=C1N=C(OC)N(CCCCC2CCCNC2)/C1=N/C(=N\CN)OCCCC. The van der Waals surface area contributed by atoms with Crippen molar-refractivity contribution in [2.45, 2.75) is 51.9 Å². The maximum absolute atomic E-state index is 5.67. The lowest BCUT2D eigenvalue weighted by Gasteiger charge is -2.23. The lowest BCUT2D eigenvalue weighted by atomic mass is 9.94. The van der Waals surface area contributed by atoms with Gasteiger partial charge in [0, 0.05) is 6.54 Å². The van der Waals surface area contributed by atoms with Gasteiger partial charge in [0.2, 0.25) is 0 Å². The van der Waals surface area contributed by atoms with Crippen molar-refractivity contribution in [1.29, 1.82) is 0 Å². The van der Waals surface area contributed by atoms with Gasteiger partial charge in [-0.05, 0) is 51.1 Å². The molecule has 1 saturated heterocycles. The predicted octanol–water partition coefficient (Wildman–Crippen LogP) is 2.48. The number of methoxy groups -OCH3 is 1. The van der Waals surface area contributed by atoms with E-state index in [0.717, 1.165) is 51.2 Å². The van der Waals surface area contributed by atoms with Crippen molar-refractivity contribution < 1.29 is 9.47 Å². The molecule has 0 spiro atoms. The van der Waals surface area contributed by atoms with Crippen molar-refractivity contribution in [1.82, 2.24) is 10.2 Å². The molecule has 28 heavy (non-hydrogen) atoms. The Bertz CT molecular complexity index is 581. The summed E-state index contributed by atoms with van der Waals surface area (Å²) in [6.45, 7) is 9.88. The molecule has 0 radical (unpaired) electrons. The van der Waals surface area contributed by atoms with Crippen LogP contribution in [0.4, 0.5) is 0 Å². The Morgan fingerprint density at radius 2 is 2.25 bits per heavy atom. The highest BCUT2D eigenvalue weighted by molar-refractivity contribution is 6.15. The van der Waals surface area contributed by atoms with Gasteiger partial charge in [-0.3, -0.25) is 4.90 Å². The zero-order valence-corrected chi connectivity index (χ0v) is 17.5. The summed E-state index contributed by atoms with van der Waals surface area (Å²) in [7, 11) is 1.61. The fraction of sp³-hybridized carbons (Fsp3) is 0.750. The van der Waals surface area contributed by atoms with E-state index in [-0.39, 0.29) is 12.7 Å². The molecule has 0 aromatic carbocycles. The van der Waals surface area contributed by atoms with Gasteiger partial charge in [-0.2, -0.15) is 9.98 Å². The van der Waals surface area contributed by atoms with Crippen molar-refractivity contribution in [3.63, 3.8) is 0 Å². The zero-order chi connectivity index (χ0) is 20.2. The van der Waals surface area contributed by atoms with Crippen LogP contribution in [0.5, 0.6) is 0 Å². The molecule has 158 valence electrons. The third-order valence-electron chi connectivity index (χ3n) is 4.96. The maximum Gasteiger partial charge on any atom is 0.315 e. The van der Waals surface area contributed by atoms with E-state index >= 15 is 0 Å². The third kappa shape index (κ3) is 6.91. The Labute approximate surface area is 169 Å². The van der Waals surface area contributed by atoms with Gasteiger partial charge in [0.05, 0.1) is 20.4 Å². The Morgan fingerprint density at radius 3 is 2.93 bits per heavy atom. The van der Waals surface area contributed by atoms with E-state index in [9.17, 15) is 0 Å². The minimum absolute atomic E-state index is 0.123. The number of unbranched alkanes of at least 4 members (excludes halogenated alkanes) is 2. The van der Waals surface area contributed by atoms with Gasteiger partial charge in [-0.1, -0.05) is 26.3 Å². The van der Waals surface area contributed by atoms with E-state index in [1.165, 1.54) is 19.3 Å². The molecular weight excluding hydrogens is 356 g/mol. The van der Waals surface area contributed by atoms with Crippen LogP contribution in [0.25, 0.3) is 0 Å². The van der Waals surface area contributed by atoms with Gasteiger partial charge in [0.1, 0.15) is 5.70 Å². The molecule has 0 aromatic heterocycles. The summed E-state index contributed by atoms with van der Waals surface area (Å²) in [6.07, 6.45) is 8.04. The largest absolute Gasteiger partial charge is 0.468 e. The number of aliphatic imine (C=N–C) groups is 3. The summed E-state index contributed by atoms with van der Waals surface area (Å²) >= 11 is 0. The normalized spacial score (nSPS) is 22.0. The van der Waals surface area contributed by atoms with Crippen LogP contribution in [0.2, 0.25) is 0 Å². The summed E-state index contributed by atoms with van der Waals surface area (Å²) in [5.41, 5.74) is 6.12. The summed E-state index contributed by atoms with van der Waals surface area (Å²) in [5, 5.41) is 3.48. The summed E-state index contributed by atoms with van der Waals surface area (Å²) in [6, 6.07) is 0.793. The summed E-state index contributed by atoms with van der Waals surface area (Å²) in [5.74, 6) is 1.42. The molecule has 2 aliphatic rings. The number of hydrogen-bond donors (Lipinski definition) is 2. The Hall–Kier alpha value is -1.93. The first-order chi connectivity index (χ1) is 13.7. The van der Waals surface area contributed by atoms with Gasteiger partial charge in [0.15, 0.2) is 5.84 Å². The van der Waals surface area contributed by atoms with Crippen LogP contribution in [0, 0.1) is 5.92 Å². The smallest absolute Gasteiger partial charge is 0.315 e. The second kappa shape index (κ2) is 12.5. The number of hydrogen-bond acceptors (Lipinski definition) is 6. The number of rotatable bonds is 9. The number of piperidine rings is 1. The molecule has 0 bridgehead atoms. The Balaban J connectivity index is 1.95. The molecule has 8 nitrogen and oxygen atoms in total. The molecule has 1 fully saturated rings. The van der Waals surface area contributed by atoms with E-state index < -0.39 is 0 Å². The first-order valence-corrected chi connectivity index (χ1v) is 10.5. The van der Waals surface area contributed by atoms with E-state index in [0.29, 0.717) is 24.2 Å². The Morgan fingerprint density at radius 1 is 1.39 bits per heavy atom. The minimum atomic E-state index is 0.123. The molecule has 3 N–H and O–H groups in total. The van der Waals surface area contributed by atoms with Crippen molar-refractivity contribution >= 4 is 17.9 Å². The quantitative estimate of drug-likeness (QED) is 0.357. The van der Waals surface area contributed by atoms with E-state index in [1.54, 1.807) is 7.11 Å². The molecule has 2 heterocycles. The molecule has 1 atom stereocenters. The van der Waals surface area contributed by atoms with Gasteiger partial charge >= 0.3 is 6.02 Å². The molecule has 2 aliphatic heterocycles. The van der Waals surface area contributed by atoms with Crippen LogP contribution in [0.3, 0.4) is 0 Å². The van der Waals surface area contributed by atoms with Crippen molar-refractivity contribution in [3.8, 4) is 0 Å². The monoisotopic (exact) mass is 392 g/mol. The van der Waals surface area contributed by atoms with Gasteiger partial charge in [-0.25, -0.2) is 4.99 Å². The van der Waals surface area contributed by atoms with Crippen LogP contribution in [0.1, 0.15) is 51.9 Å². The minimum Gasteiger partial charge on any atom is -0.468 e. The molecular formula is C20H36N6O2. The number of nitrogens with one attached hydrogen (secondary N) is 1. The summed E-state index contributed by atoms with van der Waals surface area (Å²) < 4.78 is 11.1. The molecule has 0 aromatic rings. The van der Waals surface area contributed by atoms with Crippen LogP contribution in [-0.2, 0) is 9.47 Å². The van der Waals surface area contributed by atoms with E-state index in [1.807, 2.05) is 4.90 Å². The lowest BCUT2D eigenvalue weighted by molar-refractivity contribution is 0.290.